The van der Waals surface area contributed by atoms with E-state index in [1.807, 2.05) is 48.7 Å². The number of carbonyl (C=O) groups is 1. The van der Waals surface area contributed by atoms with Crippen LogP contribution in [0.5, 0.6) is 5.75 Å². The number of amides is 1. The summed E-state index contributed by atoms with van der Waals surface area (Å²) in [6.45, 7) is 8.81. The van der Waals surface area contributed by atoms with Crippen LogP contribution >= 0.6 is 11.8 Å². The molecule has 0 bridgehead atoms. The number of methoxy groups -OCH3 is 1. The molecule has 0 fully saturated rings. The van der Waals surface area contributed by atoms with Gasteiger partial charge >= 0.3 is 0 Å². The predicted molar refractivity (Wildman–Crippen MR) is 145 cm³/mol. The topological polar surface area (TPSA) is 73.5 Å². The number of nitrogens with zero attached hydrogens (tertiary/aromatic N) is 3. The van der Waals surface area contributed by atoms with Crippen molar-refractivity contribution in [1.82, 2.24) is 19.9 Å². The van der Waals surface area contributed by atoms with Gasteiger partial charge in [-0.1, -0.05) is 36.0 Å². The van der Waals surface area contributed by atoms with Gasteiger partial charge in [-0.05, 0) is 55.3 Å². The van der Waals surface area contributed by atoms with E-state index in [-0.39, 0.29) is 5.91 Å². The van der Waals surface area contributed by atoms with Crippen molar-refractivity contribution < 1.29 is 14.4 Å². The Morgan fingerprint density at radius 2 is 1.75 bits per heavy atom. The van der Waals surface area contributed by atoms with Crippen molar-refractivity contribution in [2.75, 3.05) is 33.3 Å². The minimum absolute atomic E-state index is 0.0189. The predicted octanol–water partition coefficient (Wildman–Crippen LogP) is 3.44. The van der Waals surface area contributed by atoms with E-state index in [0.717, 1.165) is 52.9 Å². The fourth-order valence-corrected chi connectivity index (χ4v) is 5.05. The molecule has 2 aromatic heterocycles. The molecule has 4 aromatic rings. The zero-order valence-corrected chi connectivity index (χ0v) is 22.0. The number of benzene rings is 2. The largest absolute Gasteiger partial charge is 0.497 e. The van der Waals surface area contributed by atoms with E-state index < -0.39 is 0 Å². The van der Waals surface area contributed by atoms with Crippen LogP contribution in [0.2, 0.25) is 0 Å². The van der Waals surface area contributed by atoms with Gasteiger partial charge in [0.2, 0.25) is 0 Å². The summed E-state index contributed by atoms with van der Waals surface area (Å²) >= 11 is 1.69. The monoisotopic (exact) mass is 504 g/mol. The lowest BCUT2D eigenvalue weighted by Crippen LogP contribution is -3.12. The number of hydrogen-bond acceptors (Lipinski definition) is 5. The van der Waals surface area contributed by atoms with Gasteiger partial charge in [0.05, 0.1) is 57.1 Å². The molecule has 0 unspecified atom stereocenters. The van der Waals surface area contributed by atoms with Crippen molar-refractivity contribution in [3.8, 4) is 5.75 Å². The number of imidazole rings is 1. The summed E-state index contributed by atoms with van der Waals surface area (Å²) < 4.78 is 7.49. The Balaban J connectivity index is 1.41. The summed E-state index contributed by atoms with van der Waals surface area (Å²) in [6.07, 6.45) is 3.64. The minimum Gasteiger partial charge on any atom is -0.497 e. The molecule has 0 aliphatic heterocycles. The van der Waals surface area contributed by atoms with E-state index in [0.29, 0.717) is 18.7 Å². The van der Waals surface area contributed by atoms with Crippen LogP contribution in [0, 0.1) is 0 Å². The highest BCUT2D eigenvalue weighted by molar-refractivity contribution is 7.98. The summed E-state index contributed by atoms with van der Waals surface area (Å²) in [6, 6.07) is 17.9. The number of ether oxygens (including phenoxy) is 1. The van der Waals surface area contributed by atoms with Gasteiger partial charge in [0, 0.05) is 17.5 Å². The molecule has 1 amide bonds. The SMILES string of the molecule is CC[NH+](CC)CCNC(=O)c1ccc(CSc2nc3ccncc3n2Cc2ccc(OC)cc2)cc1. The number of aromatic nitrogens is 3. The van der Waals surface area contributed by atoms with Crippen LogP contribution in [0.3, 0.4) is 0 Å². The zero-order chi connectivity index (χ0) is 25.3. The number of likely N-dealkylation sites (N-methyl/N-ethyl adjacent to an activating group) is 1. The van der Waals surface area contributed by atoms with E-state index in [4.69, 9.17) is 9.72 Å². The number of rotatable bonds is 12. The first-order valence-electron chi connectivity index (χ1n) is 12.4. The maximum atomic E-state index is 12.5. The fraction of sp³-hybridized carbons (Fsp3) is 0.321. The average molecular weight is 505 g/mol. The van der Waals surface area contributed by atoms with Gasteiger partial charge in [-0.15, -0.1) is 0 Å². The second kappa shape index (κ2) is 12.6. The highest BCUT2D eigenvalue weighted by Gasteiger charge is 2.13. The van der Waals surface area contributed by atoms with E-state index >= 15 is 0 Å². The third-order valence-corrected chi connectivity index (χ3v) is 7.41. The van der Waals surface area contributed by atoms with E-state index in [1.54, 1.807) is 25.1 Å². The number of hydrogen-bond donors (Lipinski definition) is 2. The van der Waals surface area contributed by atoms with Crippen LogP contribution in [0.15, 0.2) is 72.1 Å². The molecule has 4 rings (SSSR count). The molecule has 0 aliphatic rings. The van der Waals surface area contributed by atoms with Crippen molar-refractivity contribution in [3.05, 3.63) is 83.7 Å². The summed E-state index contributed by atoms with van der Waals surface area (Å²) in [5.41, 5.74) is 4.94. The second-order valence-electron chi connectivity index (χ2n) is 8.64. The Kier molecular flexibility index (Phi) is 8.97. The van der Waals surface area contributed by atoms with E-state index in [9.17, 15) is 4.79 Å². The quantitative estimate of drug-likeness (QED) is 0.289. The lowest BCUT2D eigenvalue weighted by atomic mass is 10.1. The number of carbonyl (C=O) groups excluding carboxylic acids is 1. The smallest absolute Gasteiger partial charge is 0.251 e. The summed E-state index contributed by atoms with van der Waals surface area (Å²) in [7, 11) is 1.67. The van der Waals surface area contributed by atoms with E-state index in [2.05, 4.69) is 40.8 Å². The van der Waals surface area contributed by atoms with Crippen LogP contribution in [0.4, 0.5) is 0 Å². The zero-order valence-electron chi connectivity index (χ0n) is 21.2. The molecule has 0 saturated heterocycles. The molecule has 0 saturated carbocycles. The Bertz CT molecular complexity index is 1270. The molecule has 36 heavy (non-hydrogen) atoms. The van der Waals surface area contributed by atoms with Crippen molar-refractivity contribution >= 4 is 28.7 Å². The Morgan fingerprint density at radius 1 is 1.03 bits per heavy atom. The molecule has 7 nitrogen and oxygen atoms in total. The molecule has 0 atom stereocenters. The maximum Gasteiger partial charge on any atom is 0.251 e. The van der Waals surface area contributed by atoms with Crippen LogP contribution in [0.25, 0.3) is 11.0 Å². The molecule has 8 heteroatoms. The van der Waals surface area contributed by atoms with Crippen molar-refractivity contribution in [2.24, 2.45) is 0 Å². The second-order valence-corrected chi connectivity index (χ2v) is 9.58. The Labute approximate surface area is 216 Å². The number of quaternary nitrogens is 1. The maximum absolute atomic E-state index is 12.5. The van der Waals surface area contributed by atoms with Gasteiger partial charge in [-0.25, -0.2) is 4.98 Å². The first-order chi connectivity index (χ1) is 17.6. The lowest BCUT2D eigenvalue weighted by molar-refractivity contribution is -0.895. The van der Waals surface area contributed by atoms with Gasteiger partial charge in [0.1, 0.15) is 5.75 Å². The van der Waals surface area contributed by atoms with E-state index in [1.165, 1.54) is 10.5 Å². The minimum atomic E-state index is -0.0189. The number of pyridine rings is 1. The summed E-state index contributed by atoms with van der Waals surface area (Å²) in [5, 5.41) is 3.98. The first kappa shape index (κ1) is 25.7. The molecule has 0 spiro atoms. The lowest BCUT2D eigenvalue weighted by Gasteiger charge is -2.15. The molecule has 2 heterocycles. The van der Waals surface area contributed by atoms with Crippen LogP contribution < -0.4 is 15.0 Å². The van der Waals surface area contributed by atoms with Gasteiger partial charge in [0.25, 0.3) is 5.91 Å². The highest BCUT2D eigenvalue weighted by atomic mass is 32.2. The third kappa shape index (κ3) is 6.44. The van der Waals surface area contributed by atoms with Gasteiger partial charge in [0.15, 0.2) is 5.16 Å². The molecule has 188 valence electrons. The first-order valence-corrected chi connectivity index (χ1v) is 13.4. The Hall–Kier alpha value is -3.36. The van der Waals surface area contributed by atoms with Gasteiger partial charge in [-0.2, -0.15) is 0 Å². The highest BCUT2D eigenvalue weighted by Crippen LogP contribution is 2.28. The number of nitrogens with one attached hydrogen (secondary N) is 2. The summed E-state index contributed by atoms with van der Waals surface area (Å²) in [5.74, 6) is 1.58. The molecule has 2 aromatic carbocycles. The Morgan fingerprint density at radius 3 is 2.44 bits per heavy atom. The van der Waals surface area contributed by atoms with Crippen molar-refractivity contribution in [1.29, 1.82) is 0 Å². The molecular weight excluding hydrogens is 470 g/mol. The molecular formula is C28H34N5O2S+. The van der Waals surface area contributed by atoms with Crippen molar-refractivity contribution in [3.63, 3.8) is 0 Å². The number of thioether (sulfide) groups is 1. The van der Waals surface area contributed by atoms with Crippen molar-refractivity contribution in [2.45, 2.75) is 31.3 Å². The van der Waals surface area contributed by atoms with Gasteiger partial charge in [-0.3, -0.25) is 9.78 Å². The number of fused-ring (bicyclic) bond motifs is 1. The fourth-order valence-electron chi connectivity index (χ4n) is 4.08. The van der Waals surface area contributed by atoms with Gasteiger partial charge < -0.3 is 19.5 Å². The third-order valence-electron chi connectivity index (χ3n) is 6.36. The average Bonchev–Trinajstić information content (AvgIpc) is 3.27. The molecule has 2 N–H and O–H groups in total. The normalized spacial score (nSPS) is 11.2. The standard InChI is InChI=1S/C28H33N5O2S/c1-4-32(5-2)17-16-30-27(34)23-10-6-22(7-11-23)20-36-28-31-25-14-15-29-18-26(25)33(28)19-21-8-12-24(35-3)13-9-21/h6-15,18H,4-5,16-17,19-20H2,1-3H3,(H,30,34)/p+1. The van der Waals surface area contributed by atoms with Crippen LogP contribution in [-0.4, -0.2) is 53.7 Å². The van der Waals surface area contributed by atoms with Crippen LogP contribution in [-0.2, 0) is 12.3 Å². The van der Waals surface area contributed by atoms with Crippen LogP contribution in [0.1, 0.15) is 35.3 Å². The molecule has 0 aliphatic carbocycles. The molecule has 0 radical (unpaired) electrons. The summed E-state index contributed by atoms with van der Waals surface area (Å²) in [4.78, 5) is 23.2.